The summed E-state index contributed by atoms with van der Waals surface area (Å²) < 4.78 is 36.5. The number of amides is 1. The number of ether oxygens (including phenoxy) is 4. The van der Waals surface area contributed by atoms with Crippen LogP contribution in [0, 0.1) is 5.82 Å². The van der Waals surface area contributed by atoms with Crippen molar-refractivity contribution in [3.05, 3.63) is 24.0 Å². The highest BCUT2D eigenvalue weighted by Crippen LogP contribution is 2.28. The molecule has 3 aliphatic rings. The quantitative estimate of drug-likeness (QED) is 0.782. The number of carbonyl (C=O) groups excluding carboxylic acids is 1. The second-order valence-electron chi connectivity index (χ2n) is 6.98. The van der Waals surface area contributed by atoms with E-state index in [-0.39, 0.29) is 24.8 Å². The minimum Gasteiger partial charge on any atom is -0.441 e. The van der Waals surface area contributed by atoms with E-state index in [0.29, 0.717) is 50.8 Å². The van der Waals surface area contributed by atoms with Gasteiger partial charge in [-0.25, -0.2) is 9.18 Å². The van der Waals surface area contributed by atoms with Crippen LogP contribution in [0.1, 0.15) is 19.3 Å². The molecule has 0 bridgehead atoms. The van der Waals surface area contributed by atoms with Gasteiger partial charge in [0.05, 0.1) is 37.7 Å². The molecule has 1 unspecified atom stereocenters. The minimum absolute atomic E-state index is 0.225. The number of morpholine rings is 1. The van der Waals surface area contributed by atoms with Gasteiger partial charge in [0.2, 0.25) is 0 Å². The van der Waals surface area contributed by atoms with Crippen molar-refractivity contribution < 1.29 is 28.1 Å². The Hall–Kier alpha value is -1.90. The summed E-state index contributed by atoms with van der Waals surface area (Å²) >= 11 is 0. The molecule has 0 N–H and O–H groups in total. The van der Waals surface area contributed by atoms with Crippen molar-refractivity contribution in [1.82, 2.24) is 0 Å². The number of anilines is 2. The normalized spacial score (nSPS) is 26.3. The fourth-order valence-corrected chi connectivity index (χ4v) is 3.60. The van der Waals surface area contributed by atoms with Crippen molar-refractivity contribution in [3.8, 4) is 0 Å². The Bertz CT molecular complexity index is 662. The van der Waals surface area contributed by atoms with Crippen molar-refractivity contribution in [2.24, 2.45) is 0 Å². The number of benzene rings is 1. The number of halogens is 1. The van der Waals surface area contributed by atoms with Gasteiger partial charge in [0, 0.05) is 19.7 Å². The lowest BCUT2D eigenvalue weighted by Gasteiger charge is -2.29. The molecule has 0 aromatic heterocycles. The zero-order valence-electron chi connectivity index (χ0n) is 15.3. The summed E-state index contributed by atoms with van der Waals surface area (Å²) in [5.74, 6) is -0.350. The first kappa shape index (κ1) is 18.5. The summed E-state index contributed by atoms with van der Waals surface area (Å²) in [6.45, 7) is 3.81. The third-order valence-corrected chi connectivity index (χ3v) is 5.07. The summed E-state index contributed by atoms with van der Waals surface area (Å²) in [7, 11) is 0. The summed E-state index contributed by atoms with van der Waals surface area (Å²) in [5.41, 5.74) is 1.02. The first-order valence-corrected chi connectivity index (χ1v) is 9.54. The highest BCUT2D eigenvalue weighted by molar-refractivity contribution is 5.90. The van der Waals surface area contributed by atoms with E-state index in [1.165, 1.54) is 11.0 Å². The number of carbonyl (C=O) groups is 1. The fourth-order valence-electron chi connectivity index (χ4n) is 3.60. The molecule has 0 saturated carbocycles. The molecule has 0 aliphatic carbocycles. The Morgan fingerprint density at radius 2 is 2.04 bits per heavy atom. The largest absolute Gasteiger partial charge is 0.441 e. The van der Waals surface area contributed by atoms with Gasteiger partial charge in [-0.15, -0.1) is 0 Å². The van der Waals surface area contributed by atoms with E-state index in [4.69, 9.17) is 18.9 Å². The zero-order valence-corrected chi connectivity index (χ0v) is 15.3. The Labute approximate surface area is 157 Å². The smallest absolute Gasteiger partial charge is 0.414 e. The van der Waals surface area contributed by atoms with Gasteiger partial charge in [0.25, 0.3) is 0 Å². The Kier molecular flexibility index (Phi) is 5.75. The van der Waals surface area contributed by atoms with E-state index >= 15 is 0 Å². The molecule has 3 aliphatic heterocycles. The molecule has 1 aromatic rings. The van der Waals surface area contributed by atoms with Crippen LogP contribution >= 0.6 is 0 Å². The molecule has 27 heavy (non-hydrogen) atoms. The second kappa shape index (κ2) is 8.41. The molecule has 2 atom stereocenters. The molecule has 1 amide bonds. The maximum atomic E-state index is 14.6. The maximum Gasteiger partial charge on any atom is 0.414 e. The lowest BCUT2D eigenvalue weighted by atomic mass is 10.2. The average molecular weight is 380 g/mol. The molecule has 7 nitrogen and oxygen atoms in total. The van der Waals surface area contributed by atoms with Crippen LogP contribution in [0.25, 0.3) is 0 Å². The van der Waals surface area contributed by atoms with E-state index in [1.807, 2.05) is 4.90 Å². The van der Waals surface area contributed by atoms with Gasteiger partial charge in [0.15, 0.2) is 6.29 Å². The van der Waals surface area contributed by atoms with Gasteiger partial charge in [0.1, 0.15) is 11.9 Å². The molecule has 3 fully saturated rings. The van der Waals surface area contributed by atoms with Crippen molar-refractivity contribution in [2.75, 3.05) is 55.9 Å². The van der Waals surface area contributed by atoms with Crippen LogP contribution in [-0.4, -0.2) is 64.5 Å². The van der Waals surface area contributed by atoms with E-state index in [1.54, 1.807) is 12.1 Å². The van der Waals surface area contributed by atoms with Gasteiger partial charge >= 0.3 is 6.09 Å². The van der Waals surface area contributed by atoms with Crippen LogP contribution in [-0.2, 0) is 18.9 Å². The summed E-state index contributed by atoms with van der Waals surface area (Å²) in [6, 6.07) is 4.85. The molecule has 1 aromatic carbocycles. The van der Waals surface area contributed by atoms with Gasteiger partial charge in [-0.1, -0.05) is 0 Å². The summed E-state index contributed by atoms with van der Waals surface area (Å²) in [5, 5.41) is 0. The number of cyclic esters (lactones) is 1. The van der Waals surface area contributed by atoms with Crippen molar-refractivity contribution in [1.29, 1.82) is 0 Å². The monoisotopic (exact) mass is 380 g/mol. The van der Waals surface area contributed by atoms with Crippen LogP contribution in [0.15, 0.2) is 18.2 Å². The lowest BCUT2D eigenvalue weighted by molar-refractivity contribution is -0.172. The number of hydrogen-bond acceptors (Lipinski definition) is 6. The number of nitrogens with zero attached hydrogens (tertiary/aromatic N) is 2. The predicted molar refractivity (Wildman–Crippen MR) is 96.6 cm³/mol. The third kappa shape index (κ3) is 4.34. The van der Waals surface area contributed by atoms with Crippen molar-refractivity contribution in [3.63, 3.8) is 0 Å². The number of hydrogen-bond donors (Lipinski definition) is 0. The molecular weight excluding hydrogens is 355 g/mol. The molecule has 3 heterocycles. The van der Waals surface area contributed by atoms with E-state index in [9.17, 15) is 9.18 Å². The minimum atomic E-state index is -0.480. The third-order valence-electron chi connectivity index (χ3n) is 5.07. The molecular formula is C19H25FN2O5. The van der Waals surface area contributed by atoms with Crippen LogP contribution in [0.4, 0.5) is 20.6 Å². The molecule has 0 spiro atoms. The molecule has 148 valence electrons. The highest BCUT2D eigenvalue weighted by Gasteiger charge is 2.34. The maximum absolute atomic E-state index is 14.6. The van der Waals surface area contributed by atoms with E-state index < -0.39 is 6.09 Å². The Morgan fingerprint density at radius 3 is 2.78 bits per heavy atom. The molecule has 3 saturated heterocycles. The van der Waals surface area contributed by atoms with Crippen LogP contribution in [0.3, 0.4) is 0 Å². The Balaban J connectivity index is 1.36. The van der Waals surface area contributed by atoms with Gasteiger partial charge < -0.3 is 23.8 Å². The summed E-state index contributed by atoms with van der Waals surface area (Å²) in [6.07, 6.45) is 1.90. The van der Waals surface area contributed by atoms with Gasteiger partial charge in [-0.3, -0.25) is 4.90 Å². The van der Waals surface area contributed by atoms with Gasteiger partial charge in [-0.2, -0.15) is 0 Å². The van der Waals surface area contributed by atoms with E-state index in [2.05, 4.69) is 0 Å². The molecule has 4 rings (SSSR count). The number of rotatable bonds is 5. The second-order valence-corrected chi connectivity index (χ2v) is 6.98. The Morgan fingerprint density at radius 1 is 1.19 bits per heavy atom. The lowest BCUT2D eigenvalue weighted by Crippen LogP contribution is -2.36. The molecule has 0 radical (unpaired) electrons. The van der Waals surface area contributed by atoms with Crippen LogP contribution in [0.2, 0.25) is 0 Å². The highest BCUT2D eigenvalue weighted by atomic mass is 19.1. The van der Waals surface area contributed by atoms with Crippen LogP contribution in [0.5, 0.6) is 0 Å². The first-order valence-electron chi connectivity index (χ1n) is 9.54. The zero-order chi connectivity index (χ0) is 18.6. The predicted octanol–water partition coefficient (Wildman–Crippen LogP) is 2.53. The topological polar surface area (TPSA) is 60.5 Å². The standard InChI is InChI=1S/C19H25FN2O5/c20-16-11-14(4-5-17(16)21-6-9-24-10-7-21)22-12-15(27-19(22)23)13-26-18-3-1-2-8-25-18/h4-5,11,15,18H,1-3,6-10,12-13H2/t15-,18?/m1/s1. The molecule has 8 heteroatoms. The average Bonchev–Trinajstić information content (AvgIpc) is 3.08. The fraction of sp³-hybridized carbons (Fsp3) is 0.632. The first-order chi connectivity index (χ1) is 13.2. The van der Waals surface area contributed by atoms with Gasteiger partial charge in [-0.05, 0) is 37.5 Å². The van der Waals surface area contributed by atoms with Crippen molar-refractivity contribution in [2.45, 2.75) is 31.7 Å². The van der Waals surface area contributed by atoms with Crippen LogP contribution < -0.4 is 9.80 Å². The SMILES string of the molecule is O=C1O[C@@H](COC2CCCCO2)CN1c1ccc(N2CCOCC2)c(F)c1. The van der Waals surface area contributed by atoms with E-state index in [0.717, 1.165) is 19.3 Å². The van der Waals surface area contributed by atoms with Crippen molar-refractivity contribution >= 4 is 17.5 Å². The summed E-state index contributed by atoms with van der Waals surface area (Å²) in [4.78, 5) is 15.6.